The molecule has 1 amide bonds. The van der Waals surface area contributed by atoms with Crippen LogP contribution in [0.5, 0.6) is 11.5 Å². The Labute approximate surface area is 230 Å². The van der Waals surface area contributed by atoms with Crippen molar-refractivity contribution < 1.29 is 14.3 Å². The van der Waals surface area contributed by atoms with Gasteiger partial charge in [-0.3, -0.25) is 4.79 Å². The maximum atomic E-state index is 8.69. The van der Waals surface area contributed by atoms with Crippen LogP contribution in [0.4, 0.5) is 0 Å². The number of aromatic nitrogens is 1. The average Bonchev–Trinajstić information content (AvgIpc) is 3.36. The number of benzene rings is 3. The molecular weight excluding hydrogens is 528 g/mol. The van der Waals surface area contributed by atoms with Crippen molar-refractivity contribution in [1.29, 1.82) is 0 Å². The van der Waals surface area contributed by atoms with E-state index in [1.54, 1.807) is 42.5 Å². The number of rotatable bonds is 9. The van der Waals surface area contributed by atoms with Crippen molar-refractivity contribution in [2.24, 2.45) is 5.18 Å². The minimum atomic E-state index is -0.0556. The summed E-state index contributed by atoms with van der Waals surface area (Å²) in [6, 6.07) is 20.7. The highest BCUT2D eigenvalue weighted by molar-refractivity contribution is 7.98. The lowest BCUT2D eigenvalue weighted by molar-refractivity contribution is -0.106. The van der Waals surface area contributed by atoms with E-state index in [9.17, 15) is 0 Å². The predicted molar refractivity (Wildman–Crippen MR) is 153 cm³/mol. The van der Waals surface area contributed by atoms with E-state index in [0.717, 1.165) is 65.9 Å². The smallest absolute Gasteiger partial charge is 0.274 e. The van der Waals surface area contributed by atoms with Crippen molar-refractivity contribution in [1.82, 2.24) is 4.98 Å². The van der Waals surface area contributed by atoms with E-state index in [-0.39, 0.29) is 6.41 Å². The van der Waals surface area contributed by atoms with Crippen molar-refractivity contribution in [3.05, 3.63) is 86.7 Å². The van der Waals surface area contributed by atoms with E-state index in [2.05, 4.69) is 56.3 Å². The summed E-state index contributed by atoms with van der Waals surface area (Å²) < 4.78 is 10.8. The number of aryl methyl sites for hydroxylation is 2. The average molecular weight is 555 g/mol. The van der Waals surface area contributed by atoms with Crippen LogP contribution in [0, 0.1) is 11.8 Å². The molecule has 1 aromatic heterocycles. The van der Waals surface area contributed by atoms with Gasteiger partial charge in [0.1, 0.15) is 16.5 Å². The van der Waals surface area contributed by atoms with Gasteiger partial charge in [0, 0.05) is 15.6 Å². The summed E-state index contributed by atoms with van der Waals surface area (Å²) in [4.78, 5) is 24.5. The number of nitrogens with zero attached hydrogens (tertiary/aromatic N) is 2. The van der Waals surface area contributed by atoms with Crippen LogP contribution in [0.2, 0.25) is 5.02 Å². The minimum Gasteiger partial charge on any atom is -0.497 e. The molecule has 37 heavy (non-hydrogen) atoms. The molecule has 0 atom stereocenters. The number of halogens is 1. The Morgan fingerprint density at radius 1 is 1.03 bits per heavy atom. The second kappa shape index (κ2) is 13.9. The third-order valence-corrected chi connectivity index (χ3v) is 8.29. The number of thiazole rings is 1. The molecule has 0 aliphatic heterocycles. The molecule has 0 saturated carbocycles. The Kier molecular flexibility index (Phi) is 10.7. The zero-order chi connectivity index (χ0) is 26.8. The van der Waals surface area contributed by atoms with E-state index in [0.29, 0.717) is 0 Å². The van der Waals surface area contributed by atoms with E-state index in [1.807, 2.05) is 18.2 Å². The Hall–Kier alpha value is -3.20. The van der Waals surface area contributed by atoms with Crippen molar-refractivity contribution in [2.45, 2.75) is 30.9 Å². The number of ether oxygens (including phenoxy) is 2. The molecule has 0 fully saturated rings. The number of methoxy groups -OCH3 is 2. The van der Waals surface area contributed by atoms with Crippen LogP contribution >= 0.6 is 34.7 Å². The van der Waals surface area contributed by atoms with Crippen molar-refractivity contribution in [2.75, 3.05) is 14.2 Å². The van der Waals surface area contributed by atoms with Gasteiger partial charge in [-0.1, -0.05) is 24.6 Å². The molecule has 0 bridgehead atoms. The second-order valence-corrected chi connectivity index (χ2v) is 10.3. The lowest BCUT2D eigenvalue weighted by Crippen LogP contribution is -1.89. The fourth-order valence-electron chi connectivity index (χ4n) is 3.61. The Morgan fingerprint density at radius 3 is 2.30 bits per heavy atom. The molecule has 3 aromatic carbocycles. The van der Waals surface area contributed by atoms with E-state index < -0.39 is 0 Å². The fourth-order valence-corrected chi connectivity index (χ4v) is 5.98. The Balaban J connectivity index is 0.000000886. The maximum absolute atomic E-state index is 8.69. The summed E-state index contributed by atoms with van der Waals surface area (Å²) in [5, 5.41) is 3.67. The van der Waals surface area contributed by atoms with E-state index in [1.165, 1.54) is 5.56 Å². The van der Waals surface area contributed by atoms with Gasteiger partial charge < -0.3 is 9.47 Å². The molecule has 0 saturated heterocycles. The topological polar surface area (TPSA) is 77.8 Å². The summed E-state index contributed by atoms with van der Waals surface area (Å²) in [7, 11) is 3.38. The van der Waals surface area contributed by atoms with Gasteiger partial charge >= 0.3 is 0 Å². The lowest BCUT2D eigenvalue weighted by Gasteiger charge is -2.08. The van der Waals surface area contributed by atoms with Crippen LogP contribution in [-0.2, 0) is 17.0 Å². The number of hydrogen-bond donors (Lipinski definition) is 0. The molecule has 0 aliphatic rings. The van der Waals surface area contributed by atoms with Crippen LogP contribution in [-0.4, -0.2) is 25.6 Å². The van der Waals surface area contributed by atoms with Gasteiger partial charge in [-0.2, -0.15) is 0 Å². The molecular formula is C28H27ClN2O4S2. The first-order valence-corrected chi connectivity index (χ1v) is 13.6. The first-order valence-electron chi connectivity index (χ1n) is 11.4. The van der Waals surface area contributed by atoms with E-state index >= 15 is 0 Å². The van der Waals surface area contributed by atoms with Crippen molar-refractivity contribution in [3.8, 4) is 33.2 Å². The summed E-state index contributed by atoms with van der Waals surface area (Å²) >= 11 is 9.96. The third-order valence-electron chi connectivity index (χ3n) is 5.49. The van der Waals surface area contributed by atoms with Crippen LogP contribution in [0.1, 0.15) is 23.1 Å². The molecule has 0 radical (unpaired) electrons. The van der Waals surface area contributed by atoms with Crippen LogP contribution in [0.15, 0.2) is 70.7 Å². The quantitative estimate of drug-likeness (QED) is 0.118. The standard InChI is InChI=1S/C27H26ClNO2S2.CHNO2/c1-5-18-6-13-24(22(28)15-18)32-16-25-29-26(20-9-12-23(31-4)17(2)14-20)27(33-25)19-7-10-21(30-3)11-8-19;3-1-2-4/h6-15H,5,16H2,1-4H3;1H. The molecule has 0 N–H and O–H groups in total. The summed E-state index contributed by atoms with van der Waals surface area (Å²) in [6.07, 6.45) is 0.924. The van der Waals surface area contributed by atoms with Gasteiger partial charge in [0.05, 0.1) is 35.6 Å². The lowest BCUT2D eigenvalue weighted by atomic mass is 10.0. The van der Waals surface area contributed by atoms with Gasteiger partial charge in [0.25, 0.3) is 6.41 Å². The Bertz CT molecular complexity index is 1350. The van der Waals surface area contributed by atoms with Gasteiger partial charge in [-0.25, -0.2) is 4.98 Å². The first kappa shape index (κ1) is 28.4. The highest BCUT2D eigenvalue weighted by atomic mass is 35.5. The van der Waals surface area contributed by atoms with Crippen LogP contribution < -0.4 is 9.47 Å². The number of carbonyl (C=O) groups is 1. The molecule has 1 heterocycles. The van der Waals surface area contributed by atoms with E-state index in [4.69, 9.17) is 35.8 Å². The molecule has 4 rings (SSSR count). The van der Waals surface area contributed by atoms with Gasteiger partial charge in [-0.15, -0.1) is 28.0 Å². The van der Waals surface area contributed by atoms with Crippen molar-refractivity contribution >= 4 is 41.1 Å². The molecule has 9 heteroatoms. The number of hydrogen-bond acceptors (Lipinski definition) is 7. The SMILES string of the molecule is CCc1ccc(SCc2nc(-c3ccc(OC)c(C)c3)c(-c3ccc(OC)cc3)s2)c(Cl)c1.O=CN=O. The highest BCUT2D eigenvalue weighted by Crippen LogP contribution is 2.41. The number of thioether (sulfide) groups is 1. The normalized spacial score (nSPS) is 10.3. The molecule has 192 valence electrons. The second-order valence-electron chi connectivity index (χ2n) is 7.82. The summed E-state index contributed by atoms with van der Waals surface area (Å²) in [6.45, 7) is 4.19. The number of nitroso groups, excluding NO2 is 1. The van der Waals surface area contributed by atoms with Gasteiger partial charge in [0.15, 0.2) is 0 Å². The summed E-state index contributed by atoms with van der Waals surface area (Å²) in [5.41, 5.74) is 5.52. The fraction of sp³-hybridized carbons (Fsp3) is 0.214. The molecule has 4 aromatic rings. The summed E-state index contributed by atoms with van der Waals surface area (Å²) in [5.74, 6) is 2.47. The third kappa shape index (κ3) is 7.41. The molecule has 0 aliphatic carbocycles. The van der Waals surface area contributed by atoms with Gasteiger partial charge in [0.2, 0.25) is 0 Å². The molecule has 0 unspecified atom stereocenters. The van der Waals surface area contributed by atoms with Crippen LogP contribution in [0.25, 0.3) is 21.7 Å². The maximum Gasteiger partial charge on any atom is 0.274 e. The predicted octanol–water partition coefficient (Wildman–Crippen LogP) is 8.22. The first-order chi connectivity index (χ1) is 17.9. The van der Waals surface area contributed by atoms with Crippen LogP contribution in [0.3, 0.4) is 0 Å². The highest BCUT2D eigenvalue weighted by Gasteiger charge is 2.17. The zero-order valence-electron chi connectivity index (χ0n) is 21.0. The van der Waals surface area contributed by atoms with Gasteiger partial charge in [-0.05, 0) is 84.6 Å². The number of amides is 1. The minimum absolute atomic E-state index is 0.0556. The van der Waals surface area contributed by atoms with Crippen molar-refractivity contribution in [3.63, 3.8) is 0 Å². The number of carbonyl (C=O) groups excluding carboxylic acids is 1. The largest absolute Gasteiger partial charge is 0.497 e. The molecule has 6 nitrogen and oxygen atoms in total. The zero-order valence-corrected chi connectivity index (χ0v) is 23.4. The Morgan fingerprint density at radius 2 is 1.73 bits per heavy atom. The monoisotopic (exact) mass is 554 g/mol. The molecule has 0 spiro atoms.